The number of amides is 1. The Bertz CT molecular complexity index is 1160. The van der Waals surface area contributed by atoms with E-state index in [1.165, 1.54) is 12.1 Å². The van der Waals surface area contributed by atoms with E-state index in [0.29, 0.717) is 18.2 Å². The van der Waals surface area contributed by atoms with Crippen LogP contribution in [0.4, 0.5) is 11.4 Å². The molecule has 1 amide bonds. The monoisotopic (exact) mass is 515 g/mol. The van der Waals surface area contributed by atoms with Gasteiger partial charge in [0.25, 0.3) is 5.91 Å². The number of nitrogens with one attached hydrogen (secondary N) is 1. The molecule has 7 heteroatoms. The number of carbonyl (C=O) groups is 1. The Morgan fingerprint density at radius 1 is 1.03 bits per heavy atom. The van der Waals surface area contributed by atoms with Crippen molar-refractivity contribution in [3.63, 3.8) is 0 Å². The highest BCUT2D eigenvalue weighted by Crippen LogP contribution is 2.22. The zero-order valence-electron chi connectivity index (χ0n) is 23.4. The van der Waals surface area contributed by atoms with Gasteiger partial charge in [0, 0.05) is 49.2 Å². The number of allylic oxidation sites excluding steroid dienone is 1. The Hall–Kier alpha value is -3.84. The van der Waals surface area contributed by atoms with Crippen LogP contribution in [0.1, 0.15) is 32.8 Å². The van der Waals surface area contributed by atoms with Crippen molar-refractivity contribution in [3.8, 4) is 5.75 Å². The number of methoxy groups -OCH3 is 1. The number of piperazine rings is 1. The van der Waals surface area contributed by atoms with E-state index in [-0.39, 0.29) is 5.91 Å². The minimum absolute atomic E-state index is 0.116. The lowest BCUT2D eigenvalue weighted by molar-refractivity contribution is -0.123. The number of hydrogen-bond acceptors (Lipinski definition) is 6. The first kappa shape index (κ1) is 28.7. The molecule has 0 aliphatic carbocycles. The molecule has 2 aliphatic rings. The fourth-order valence-corrected chi connectivity index (χ4v) is 4.14. The molecule has 2 aromatic carbocycles. The lowest BCUT2D eigenvalue weighted by atomic mass is 10.1. The maximum Gasteiger partial charge on any atom is 0.252 e. The van der Waals surface area contributed by atoms with Gasteiger partial charge in [0.15, 0.2) is 0 Å². The van der Waals surface area contributed by atoms with Gasteiger partial charge in [-0.15, -0.1) is 0 Å². The summed E-state index contributed by atoms with van der Waals surface area (Å²) in [4.78, 5) is 23.9. The summed E-state index contributed by atoms with van der Waals surface area (Å²) in [5, 5.41) is 3.27. The van der Waals surface area contributed by atoms with Gasteiger partial charge in [0.2, 0.25) is 0 Å². The van der Waals surface area contributed by atoms with E-state index in [0.717, 1.165) is 48.8 Å². The lowest BCUT2D eigenvalue weighted by Gasteiger charge is -2.34. The van der Waals surface area contributed by atoms with Gasteiger partial charge in [0.1, 0.15) is 17.4 Å². The van der Waals surface area contributed by atoms with Crippen molar-refractivity contribution < 1.29 is 9.53 Å². The van der Waals surface area contributed by atoms with Gasteiger partial charge in [-0.3, -0.25) is 9.69 Å². The average Bonchev–Trinajstić information content (AvgIpc) is 2.92. The number of carbonyl (C=O) groups excluding carboxylic acids is 1. The summed E-state index contributed by atoms with van der Waals surface area (Å²) in [5.74, 6) is 1.70. The average molecular weight is 516 g/mol. The van der Waals surface area contributed by atoms with Crippen molar-refractivity contribution in [2.24, 2.45) is 4.99 Å². The molecule has 1 fully saturated rings. The molecule has 2 heterocycles. The number of hydrogen-bond donors (Lipinski definition) is 1. The molecule has 0 radical (unpaired) electrons. The van der Waals surface area contributed by atoms with Crippen LogP contribution in [0.2, 0.25) is 0 Å². The molecule has 1 saturated heterocycles. The van der Waals surface area contributed by atoms with Gasteiger partial charge in [-0.05, 0) is 62.0 Å². The summed E-state index contributed by atoms with van der Waals surface area (Å²) >= 11 is 0. The minimum atomic E-state index is -0.116. The van der Waals surface area contributed by atoms with Gasteiger partial charge < -0.3 is 19.9 Å². The number of anilines is 2. The molecular weight excluding hydrogens is 474 g/mol. The smallest absolute Gasteiger partial charge is 0.252 e. The molecule has 202 valence electrons. The first-order chi connectivity index (χ1) is 18.4. The maximum absolute atomic E-state index is 12.8. The Labute approximate surface area is 227 Å². The van der Waals surface area contributed by atoms with Crippen molar-refractivity contribution in [1.82, 2.24) is 9.80 Å². The second-order valence-corrected chi connectivity index (χ2v) is 9.40. The highest BCUT2D eigenvalue weighted by molar-refractivity contribution is 6.15. The highest BCUT2D eigenvalue weighted by atomic mass is 16.5. The first-order valence-electron chi connectivity index (χ1n) is 13.3. The van der Waals surface area contributed by atoms with Crippen LogP contribution in [0.25, 0.3) is 0 Å². The molecule has 7 nitrogen and oxygen atoms in total. The molecule has 0 unspecified atom stereocenters. The summed E-state index contributed by atoms with van der Waals surface area (Å²) in [7, 11) is 3.79. The van der Waals surface area contributed by atoms with Crippen molar-refractivity contribution in [2.45, 2.75) is 33.7 Å². The molecule has 38 heavy (non-hydrogen) atoms. The summed E-state index contributed by atoms with van der Waals surface area (Å²) in [6.07, 6.45) is 6.57. The van der Waals surface area contributed by atoms with E-state index >= 15 is 0 Å². The molecule has 2 aromatic rings. The summed E-state index contributed by atoms with van der Waals surface area (Å²) in [6.45, 7) is 14.9. The molecule has 0 spiro atoms. The normalized spacial score (nSPS) is 17.9. The second-order valence-electron chi connectivity index (χ2n) is 9.40. The largest absolute Gasteiger partial charge is 0.497 e. The van der Waals surface area contributed by atoms with E-state index in [2.05, 4.69) is 54.7 Å². The van der Waals surface area contributed by atoms with E-state index in [1.54, 1.807) is 24.2 Å². The van der Waals surface area contributed by atoms with Crippen LogP contribution < -0.4 is 15.0 Å². The van der Waals surface area contributed by atoms with Crippen LogP contribution in [0.15, 0.2) is 89.7 Å². The Morgan fingerprint density at radius 3 is 2.24 bits per heavy atom. The third-order valence-electron chi connectivity index (χ3n) is 6.26. The molecular formula is C31H41N5O2. The van der Waals surface area contributed by atoms with Crippen LogP contribution in [0.3, 0.4) is 0 Å². The fraction of sp³-hybridized carbons (Fsp3) is 0.355. The summed E-state index contributed by atoms with van der Waals surface area (Å²) in [6, 6.07) is 16.0. The Morgan fingerprint density at radius 2 is 1.66 bits per heavy atom. The van der Waals surface area contributed by atoms with Gasteiger partial charge in [-0.1, -0.05) is 45.1 Å². The molecule has 0 bridgehead atoms. The molecule has 4 rings (SSSR count). The van der Waals surface area contributed by atoms with Crippen LogP contribution in [-0.4, -0.2) is 61.9 Å². The quantitative estimate of drug-likeness (QED) is 0.513. The predicted octanol–water partition coefficient (Wildman–Crippen LogP) is 5.69. The number of benzene rings is 2. The SMILES string of the molecule is C=C(/N=C1\C(=C/C)C=CC(=O)N1Cc1ccc(OC)cc1)Nc1ccc(N2CCN(C)CC2)cc1.CCC. The summed E-state index contributed by atoms with van der Waals surface area (Å²) < 4.78 is 5.24. The van der Waals surface area contributed by atoms with Crippen molar-refractivity contribution in [1.29, 1.82) is 0 Å². The van der Waals surface area contributed by atoms with Gasteiger partial charge in [-0.25, -0.2) is 4.99 Å². The molecule has 0 aromatic heterocycles. The maximum atomic E-state index is 12.8. The standard InChI is InChI=1S/C28H33N5O2.C3H8/c1-5-23-8-15-27(34)33(20-22-6-13-26(35-4)14-7-22)28(23)30-21(2)29-24-9-11-25(12-10-24)32-18-16-31(3)17-19-32;1-3-2/h5-15,29H,2,16-20H2,1,3-4H3;3H2,1-2H3/b23-5-,30-28+;. The van der Waals surface area contributed by atoms with Gasteiger partial charge in [-0.2, -0.15) is 0 Å². The minimum Gasteiger partial charge on any atom is -0.497 e. The van der Waals surface area contributed by atoms with E-state index in [1.807, 2.05) is 49.4 Å². The predicted molar refractivity (Wildman–Crippen MR) is 159 cm³/mol. The number of nitrogens with zero attached hydrogens (tertiary/aromatic N) is 4. The van der Waals surface area contributed by atoms with Crippen LogP contribution >= 0.6 is 0 Å². The molecule has 0 saturated carbocycles. The van der Waals surface area contributed by atoms with Crippen LogP contribution in [-0.2, 0) is 11.3 Å². The van der Waals surface area contributed by atoms with Crippen molar-refractivity contribution >= 4 is 23.1 Å². The molecule has 1 N–H and O–H groups in total. The second kappa shape index (κ2) is 14.2. The van der Waals surface area contributed by atoms with Crippen LogP contribution in [0.5, 0.6) is 5.75 Å². The third kappa shape index (κ3) is 7.83. The van der Waals surface area contributed by atoms with Gasteiger partial charge in [0.05, 0.1) is 13.7 Å². The zero-order valence-corrected chi connectivity index (χ0v) is 23.4. The number of aliphatic imine (C=N–C) groups is 1. The lowest BCUT2D eigenvalue weighted by Crippen LogP contribution is -2.44. The Kier molecular flexibility index (Phi) is 10.7. The number of ether oxygens (including phenoxy) is 1. The number of rotatable bonds is 7. The zero-order chi connectivity index (χ0) is 27.5. The number of amidine groups is 1. The van der Waals surface area contributed by atoms with Crippen LogP contribution in [0, 0.1) is 0 Å². The summed E-state index contributed by atoms with van der Waals surface area (Å²) in [5.41, 5.74) is 3.96. The topological polar surface area (TPSA) is 60.4 Å². The highest BCUT2D eigenvalue weighted by Gasteiger charge is 2.24. The number of likely N-dealkylation sites (N-methyl/N-ethyl adjacent to an activating group) is 1. The van der Waals surface area contributed by atoms with E-state index in [4.69, 9.17) is 9.73 Å². The van der Waals surface area contributed by atoms with E-state index in [9.17, 15) is 4.79 Å². The fourth-order valence-electron chi connectivity index (χ4n) is 4.14. The van der Waals surface area contributed by atoms with E-state index < -0.39 is 0 Å². The Balaban J connectivity index is 0.00000127. The molecule has 2 aliphatic heterocycles. The van der Waals surface area contributed by atoms with Gasteiger partial charge >= 0.3 is 0 Å². The van der Waals surface area contributed by atoms with Crippen molar-refractivity contribution in [2.75, 3.05) is 50.6 Å². The van der Waals surface area contributed by atoms with Crippen molar-refractivity contribution in [3.05, 3.63) is 90.3 Å². The third-order valence-corrected chi connectivity index (χ3v) is 6.26. The first-order valence-corrected chi connectivity index (χ1v) is 13.3. The molecule has 0 atom stereocenters.